The number of nitrogens with one attached hydrogen (secondary N) is 1. The van der Waals surface area contributed by atoms with Gasteiger partial charge in [0.25, 0.3) is 0 Å². The van der Waals surface area contributed by atoms with E-state index in [0.717, 1.165) is 5.56 Å². The topological polar surface area (TPSA) is 92.4 Å². The minimum absolute atomic E-state index is 0.0753. The van der Waals surface area contributed by atoms with Crippen LogP contribution in [0.25, 0.3) is 0 Å². The maximum atomic E-state index is 11.5. The minimum Gasteiger partial charge on any atom is -0.478 e. The first-order valence-corrected chi connectivity index (χ1v) is 5.82. The number of rotatable bonds is 6. The highest BCUT2D eigenvalue weighted by Gasteiger charge is 2.08. The summed E-state index contributed by atoms with van der Waals surface area (Å²) in [6, 6.07) is 6.51. The number of carbonyl (C=O) groups excluding carboxylic acids is 1. The van der Waals surface area contributed by atoms with Crippen LogP contribution in [0.1, 0.15) is 29.3 Å². The van der Waals surface area contributed by atoms with Crippen LogP contribution in [-0.2, 0) is 11.3 Å². The highest BCUT2D eigenvalue weighted by molar-refractivity contribution is 5.87. The van der Waals surface area contributed by atoms with E-state index in [1.165, 1.54) is 6.07 Å². The highest BCUT2D eigenvalue weighted by Crippen LogP contribution is 2.05. The number of aromatic carboxylic acids is 1. The maximum absolute atomic E-state index is 11.5. The molecule has 0 radical (unpaired) electrons. The minimum atomic E-state index is -0.972. The Kier molecular flexibility index (Phi) is 5.32. The van der Waals surface area contributed by atoms with E-state index >= 15 is 0 Å². The summed E-state index contributed by atoms with van der Waals surface area (Å²) in [4.78, 5) is 22.3. The van der Waals surface area contributed by atoms with Gasteiger partial charge in [0.05, 0.1) is 5.56 Å². The average molecular weight is 250 g/mol. The third kappa shape index (κ3) is 4.55. The summed E-state index contributed by atoms with van der Waals surface area (Å²) >= 11 is 0. The zero-order valence-corrected chi connectivity index (χ0v) is 10.3. The molecule has 0 aromatic heterocycles. The van der Waals surface area contributed by atoms with Crippen molar-refractivity contribution in [1.29, 1.82) is 0 Å². The first-order chi connectivity index (χ1) is 8.52. The number of carbonyl (C=O) groups is 2. The first kappa shape index (κ1) is 14.2. The van der Waals surface area contributed by atoms with Crippen LogP contribution in [0.4, 0.5) is 0 Å². The van der Waals surface area contributed by atoms with Gasteiger partial charge < -0.3 is 16.2 Å². The van der Waals surface area contributed by atoms with Crippen molar-refractivity contribution in [3.05, 3.63) is 35.4 Å². The van der Waals surface area contributed by atoms with Gasteiger partial charge in [0.2, 0.25) is 5.91 Å². The molecule has 5 heteroatoms. The number of benzene rings is 1. The molecule has 0 bridgehead atoms. The van der Waals surface area contributed by atoms with E-state index in [1.807, 2.05) is 6.92 Å². The molecule has 0 aliphatic rings. The molecule has 1 unspecified atom stereocenters. The van der Waals surface area contributed by atoms with Gasteiger partial charge in [-0.05, 0) is 30.2 Å². The third-order valence-corrected chi connectivity index (χ3v) is 2.60. The largest absolute Gasteiger partial charge is 0.478 e. The van der Waals surface area contributed by atoms with Crippen molar-refractivity contribution in [2.24, 2.45) is 11.7 Å². The predicted molar refractivity (Wildman–Crippen MR) is 68.1 cm³/mol. The SMILES string of the molecule is CC(CN)CC(=O)NCc1cccc(C(=O)O)c1. The van der Waals surface area contributed by atoms with Crippen LogP contribution in [0.3, 0.4) is 0 Å². The summed E-state index contributed by atoms with van der Waals surface area (Å²) in [7, 11) is 0. The number of nitrogens with two attached hydrogens (primary N) is 1. The Labute approximate surface area is 106 Å². The molecule has 0 heterocycles. The summed E-state index contributed by atoms with van der Waals surface area (Å²) < 4.78 is 0. The Hall–Kier alpha value is -1.88. The van der Waals surface area contributed by atoms with Crippen LogP contribution in [0.5, 0.6) is 0 Å². The smallest absolute Gasteiger partial charge is 0.335 e. The molecule has 0 aliphatic carbocycles. The molecule has 18 heavy (non-hydrogen) atoms. The molecule has 0 saturated carbocycles. The Morgan fingerprint density at radius 3 is 2.78 bits per heavy atom. The standard InChI is InChI=1S/C13H18N2O3/c1-9(7-14)5-12(16)15-8-10-3-2-4-11(6-10)13(17)18/h2-4,6,9H,5,7-8,14H2,1H3,(H,15,16)(H,17,18). The van der Waals surface area contributed by atoms with Crippen LogP contribution in [0.15, 0.2) is 24.3 Å². The van der Waals surface area contributed by atoms with Crippen molar-refractivity contribution >= 4 is 11.9 Å². The summed E-state index contributed by atoms with van der Waals surface area (Å²) in [5.41, 5.74) is 6.42. The molecule has 0 aliphatic heterocycles. The maximum Gasteiger partial charge on any atom is 0.335 e. The third-order valence-electron chi connectivity index (χ3n) is 2.60. The average Bonchev–Trinajstić information content (AvgIpc) is 2.36. The fraction of sp³-hybridized carbons (Fsp3) is 0.385. The molecule has 1 rings (SSSR count). The molecule has 5 nitrogen and oxygen atoms in total. The second kappa shape index (κ2) is 6.76. The van der Waals surface area contributed by atoms with Gasteiger partial charge in [-0.3, -0.25) is 4.79 Å². The lowest BCUT2D eigenvalue weighted by molar-refractivity contribution is -0.122. The fourth-order valence-corrected chi connectivity index (χ4v) is 1.49. The zero-order valence-electron chi connectivity index (χ0n) is 10.3. The molecule has 0 spiro atoms. The number of hydrogen-bond acceptors (Lipinski definition) is 3. The summed E-state index contributed by atoms with van der Waals surface area (Å²) in [5.74, 6) is -0.899. The molecule has 4 N–H and O–H groups in total. The van der Waals surface area contributed by atoms with Crippen LogP contribution >= 0.6 is 0 Å². The number of amides is 1. The van der Waals surface area contributed by atoms with Gasteiger partial charge in [0, 0.05) is 13.0 Å². The Morgan fingerprint density at radius 1 is 1.44 bits per heavy atom. The predicted octanol–water partition coefficient (Wildman–Crippen LogP) is 0.986. The number of carboxylic acid groups (broad SMARTS) is 1. The lowest BCUT2D eigenvalue weighted by Crippen LogP contribution is -2.26. The van der Waals surface area contributed by atoms with Gasteiger partial charge in [-0.15, -0.1) is 0 Å². The lowest BCUT2D eigenvalue weighted by Gasteiger charge is -2.09. The van der Waals surface area contributed by atoms with E-state index in [1.54, 1.807) is 18.2 Å². The summed E-state index contributed by atoms with van der Waals surface area (Å²) in [6.07, 6.45) is 0.384. The van der Waals surface area contributed by atoms with Crippen molar-refractivity contribution in [2.75, 3.05) is 6.54 Å². The van der Waals surface area contributed by atoms with Gasteiger partial charge in [0.1, 0.15) is 0 Å². The fourth-order valence-electron chi connectivity index (χ4n) is 1.49. The molecule has 1 aromatic carbocycles. The first-order valence-electron chi connectivity index (χ1n) is 5.82. The van der Waals surface area contributed by atoms with Gasteiger partial charge in [0.15, 0.2) is 0 Å². The normalized spacial score (nSPS) is 11.9. The van der Waals surface area contributed by atoms with Crippen LogP contribution in [0, 0.1) is 5.92 Å². The monoisotopic (exact) mass is 250 g/mol. The van der Waals surface area contributed by atoms with Gasteiger partial charge in [-0.1, -0.05) is 19.1 Å². The van der Waals surface area contributed by atoms with E-state index in [0.29, 0.717) is 19.5 Å². The van der Waals surface area contributed by atoms with Gasteiger partial charge in [-0.2, -0.15) is 0 Å². The number of carboxylic acids is 1. The van der Waals surface area contributed by atoms with Crippen molar-refractivity contribution in [1.82, 2.24) is 5.32 Å². The molecule has 98 valence electrons. The second-order valence-corrected chi connectivity index (χ2v) is 4.33. The zero-order chi connectivity index (χ0) is 13.5. The Balaban J connectivity index is 2.50. The molecule has 1 aromatic rings. The van der Waals surface area contributed by atoms with E-state index in [2.05, 4.69) is 5.32 Å². The van der Waals surface area contributed by atoms with E-state index in [-0.39, 0.29) is 17.4 Å². The lowest BCUT2D eigenvalue weighted by atomic mass is 10.1. The van der Waals surface area contributed by atoms with E-state index in [9.17, 15) is 9.59 Å². The van der Waals surface area contributed by atoms with Crippen LogP contribution in [-0.4, -0.2) is 23.5 Å². The van der Waals surface area contributed by atoms with Crippen LogP contribution in [0.2, 0.25) is 0 Å². The molecule has 1 atom stereocenters. The van der Waals surface area contributed by atoms with Crippen molar-refractivity contribution in [3.8, 4) is 0 Å². The Bertz CT molecular complexity index is 432. The van der Waals surface area contributed by atoms with Gasteiger partial charge in [-0.25, -0.2) is 4.79 Å². The quantitative estimate of drug-likeness (QED) is 0.702. The van der Waals surface area contributed by atoms with Gasteiger partial charge >= 0.3 is 5.97 Å². The summed E-state index contributed by atoms with van der Waals surface area (Å²) in [5, 5.41) is 11.6. The molecule has 0 fully saturated rings. The Morgan fingerprint density at radius 2 is 2.17 bits per heavy atom. The second-order valence-electron chi connectivity index (χ2n) is 4.33. The molecular formula is C13H18N2O3. The summed E-state index contributed by atoms with van der Waals surface area (Å²) in [6.45, 7) is 2.71. The molecule has 0 saturated heterocycles. The molecular weight excluding hydrogens is 232 g/mol. The van der Waals surface area contributed by atoms with E-state index < -0.39 is 5.97 Å². The van der Waals surface area contributed by atoms with Crippen molar-refractivity contribution in [3.63, 3.8) is 0 Å². The van der Waals surface area contributed by atoms with Crippen molar-refractivity contribution in [2.45, 2.75) is 19.9 Å². The number of hydrogen-bond donors (Lipinski definition) is 3. The highest BCUT2D eigenvalue weighted by atomic mass is 16.4. The van der Waals surface area contributed by atoms with Crippen LogP contribution < -0.4 is 11.1 Å². The molecule has 1 amide bonds. The van der Waals surface area contributed by atoms with Crippen molar-refractivity contribution < 1.29 is 14.7 Å². The van der Waals surface area contributed by atoms with E-state index in [4.69, 9.17) is 10.8 Å².